The average Bonchev–Trinajstić information content (AvgIpc) is 2.24. The predicted molar refractivity (Wildman–Crippen MR) is 56.1 cm³/mol. The third-order valence-corrected chi connectivity index (χ3v) is 1.77. The number of hydrogen-bond donors (Lipinski definition) is 0. The second kappa shape index (κ2) is 5.84. The molecule has 0 saturated heterocycles. The molecule has 3 nitrogen and oxygen atoms in total. The van der Waals surface area contributed by atoms with Gasteiger partial charge in [-0.25, -0.2) is 9.79 Å². The molecule has 0 saturated carbocycles. The molecule has 0 aliphatic rings. The molecule has 0 heterocycles. The number of aliphatic imine (C=N–C) groups is 2. The zero-order valence-electron chi connectivity index (χ0n) is 8.10. The molecule has 0 aliphatic heterocycles. The first-order valence-corrected chi connectivity index (χ1v) is 4.42. The van der Waals surface area contributed by atoms with Crippen LogP contribution in [0.1, 0.15) is 18.1 Å². The SMILES string of the molecule is CC=NCc1cccc(CN=C=O)c1. The van der Waals surface area contributed by atoms with Crippen molar-refractivity contribution in [2.45, 2.75) is 20.0 Å². The standard InChI is InChI=1S/C11H12N2O/c1-2-12-7-10-4-3-5-11(6-10)8-13-9-14/h2-6H,7-8H2,1H3. The third-order valence-electron chi connectivity index (χ3n) is 1.77. The smallest absolute Gasteiger partial charge is 0.235 e. The summed E-state index contributed by atoms with van der Waals surface area (Å²) in [6, 6.07) is 7.87. The van der Waals surface area contributed by atoms with Crippen molar-refractivity contribution in [3.8, 4) is 0 Å². The van der Waals surface area contributed by atoms with Gasteiger partial charge in [0.15, 0.2) is 0 Å². The van der Waals surface area contributed by atoms with E-state index in [0.29, 0.717) is 13.1 Å². The summed E-state index contributed by atoms with van der Waals surface area (Å²) in [7, 11) is 0. The van der Waals surface area contributed by atoms with Crippen LogP contribution in [0, 0.1) is 0 Å². The molecule has 0 aliphatic carbocycles. The van der Waals surface area contributed by atoms with Crippen molar-refractivity contribution in [3.05, 3.63) is 35.4 Å². The zero-order chi connectivity index (χ0) is 10.2. The van der Waals surface area contributed by atoms with Crippen molar-refractivity contribution in [2.24, 2.45) is 9.98 Å². The van der Waals surface area contributed by atoms with Crippen LogP contribution in [0.3, 0.4) is 0 Å². The summed E-state index contributed by atoms with van der Waals surface area (Å²) in [6.07, 6.45) is 3.30. The fourth-order valence-electron chi connectivity index (χ4n) is 1.15. The highest BCUT2D eigenvalue weighted by molar-refractivity contribution is 5.53. The van der Waals surface area contributed by atoms with Gasteiger partial charge in [-0.2, -0.15) is 0 Å². The van der Waals surface area contributed by atoms with Crippen LogP contribution >= 0.6 is 0 Å². The van der Waals surface area contributed by atoms with Crippen LogP contribution in [0.25, 0.3) is 0 Å². The van der Waals surface area contributed by atoms with Gasteiger partial charge in [0.05, 0.1) is 13.1 Å². The Balaban J connectivity index is 2.72. The summed E-state index contributed by atoms with van der Waals surface area (Å²) < 4.78 is 0. The Morgan fingerprint density at radius 2 is 2.07 bits per heavy atom. The number of rotatable bonds is 4. The lowest BCUT2D eigenvalue weighted by Gasteiger charge is -1.99. The second-order valence-electron chi connectivity index (χ2n) is 2.83. The Bertz CT molecular complexity index is 365. The van der Waals surface area contributed by atoms with E-state index in [1.165, 1.54) is 6.08 Å². The summed E-state index contributed by atoms with van der Waals surface area (Å²) in [5, 5.41) is 0. The molecule has 0 spiro atoms. The van der Waals surface area contributed by atoms with Gasteiger partial charge < -0.3 is 0 Å². The maximum absolute atomic E-state index is 9.92. The van der Waals surface area contributed by atoms with Crippen molar-refractivity contribution >= 4 is 12.3 Å². The van der Waals surface area contributed by atoms with Crippen molar-refractivity contribution in [1.82, 2.24) is 0 Å². The minimum absolute atomic E-state index is 0.396. The highest BCUT2D eigenvalue weighted by Gasteiger charge is 1.93. The summed E-state index contributed by atoms with van der Waals surface area (Å²) in [6.45, 7) is 2.96. The number of nitrogens with zero attached hydrogens (tertiary/aromatic N) is 2. The van der Waals surface area contributed by atoms with Gasteiger partial charge in [0.2, 0.25) is 6.08 Å². The van der Waals surface area contributed by atoms with Gasteiger partial charge in [0, 0.05) is 0 Å². The molecule has 0 atom stereocenters. The molecule has 0 fully saturated rings. The number of hydrogen-bond acceptors (Lipinski definition) is 3. The van der Waals surface area contributed by atoms with Crippen molar-refractivity contribution < 1.29 is 4.79 Å². The van der Waals surface area contributed by atoms with Crippen LogP contribution in [0.2, 0.25) is 0 Å². The number of benzene rings is 1. The normalized spacial score (nSPS) is 10.1. The monoisotopic (exact) mass is 188 g/mol. The van der Waals surface area contributed by atoms with Gasteiger partial charge in [-0.1, -0.05) is 24.3 Å². The predicted octanol–water partition coefficient (Wildman–Crippen LogP) is 2.11. The molecular formula is C11H12N2O. The highest BCUT2D eigenvalue weighted by atomic mass is 16.1. The topological polar surface area (TPSA) is 41.8 Å². The molecule has 0 amide bonds. The number of isocyanates is 1. The molecule has 3 heteroatoms. The largest absolute Gasteiger partial charge is 0.293 e. The summed E-state index contributed by atoms with van der Waals surface area (Å²) in [5.74, 6) is 0. The van der Waals surface area contributed by atoms with E-state index in [4.69, 9.17) is 0 Å². The molecule has 14 heavy (non-hydrogen) atoms. The lowest BCUT2D eigenvalue weighted by molar-refractivity contribution is 0.563. The van der Waals surface area contributed by atoms with Gasteiger partial charge in [0.25, 0.3) is 0 Å². The summed E-state index contributed by atoms with van der Waals surface area (Å²) >= 11 is 0. The maximum atomic E-state index is 9.92. The molecule has 0 radical (unpaired) electrons. The van der Waals surface area contributed by atoms with Gasteiger partial charge in [-0.05, 0) is 24.3 Å². The van der Waals surface area contributed by atoms with Crippen molar-refractivity contribution in [3.63, 3.8) is 0 Å². The van der Waals surface area contributed by atoms with Crippen LogP contribution in [0.15, 0.2) is 34.3 Å². The van der Waals surface area contributed by atoms with Crippen LogP contribution in [-0.4, -0.2) is 12.3 Å². The maximum Gasteiger partial charge on any atom is 0.235 e. The minimum atomic E-state index is 0.396. The van der Waals surface area contributed by atoms with Gasteiger partial charge in [-0.3, -0.25) is 4.99 Å². The molecule has 72 valence electrons. The molecule has 0 aromatic heterocycles. The van der Waals surface area contributed by atoms with E-state index in [0.717, 1.165) is 11.1 Å². The van der Waals surface area contributed by atoms with Crippen LogP contribution < -0.4 is 0 Å². The lowest BCUT2D eigenvalue weighted by Crippen LogP contribution is -1.86. The molecule has 0 bridgehead atoms. The van der Waals surface area contributed by atoms with Gasteiger partial charge in [0.1, 0.15) is 0 Å². The first kappa shape index (κ1) is 10.4. The lowest BCUT2D eigenvalue weighted by atomic mass is 10.1. The van der Waals surface area contributed by atoms with Crippen molar-refractivity contribution in [2.75, 3.05) is 0 Å². The Kier molecular flexibility index (Phi) is 4.32. The van der Waals surface area contributed by atoms with E-state index in [1.807, 2.05) is 31.2 Å². The zero-order valence-corrected chi connectivity index (χ0v) is 8.10. The summed E-state index contributed by atoms with van der Waals surface area (Å²) in [5.41, 5.74) is 2.14. The second-order valence-corrected chi connectivity index (χ2v) is 2.83. The first-order valence-electron chi connectivity index (χ1n) is 4.42. The fraction of sp³-hybridized carbons (Fsp3) is 0.273. The van der Waals surface area contributed by atoms with E-state index >= 15 is 0 Å². The minimum Gasteiger partial charge on any atom is -0.293 e. The molecule has 0 N–H and O–H groups in total. The quantitative estimate of drug-likeness (QED) is 0.527. The van der Waals surface area contributed by atoms with Crippen LogP contribution in [0.5, 0.6) is 0 Å². The molecule has 1 rings (SSSR count). The van der Waals surface area contributed by atoms with Gasteiger partial charge in [-0.15, -0.1) is 0 Å². The number of carbonyl (C=O) groups excluding carboxylic acids is 1. The molecule has 1 aromatic carbocycles. The molecule has 1 aromatic rings. The highest BCUT2D eigenvalue weighted by Crippen LogP contribution is 2.07. The Hall–Kier alpha value is -1.73. The fourth-order valence-corrected chi connectivity index (χ4v) is 1.15. The van der Waals surface area contributed by atoms with Crippen molar-refractivity contribution in [1.29, 1.82) is 0 Å². The van der Waals surface area contributed by atoms with Crippen LogP contribution in [-0.2, 0) is 17.9 Å². The van der Waals surface area contributed by atoms with E-state index in [2.05, 4.69) is 9.98 Å². The van der Waals surface area contributed by atoms with Crippen LogP contribution in [0.4, 0.5) is 0 Å². The Morgan fingerprint density at radius 1 is 1.36 bits per heavy atom. The van der Waals surface area contributed by atoms with E-state index in [-0.39, 0.29) is 0 Å². The summed E-state index contributed by atoms with van der Waals surface area (Å²) in [4.78, 5) is 17.6. The van der Waals surface area contributed by atoms with E-state index < -0.39 is 0 Å². The average molecular weight is 188 g/mol. The van der Waals surface area contributed by atoms with E-state index in [9.17, 15) is 4.79 Å². The molecule has 0 unspecified atom stereocenters. The Labute approximate surface area is 83.2 Å². The first-order chi connectivity index (χ1) is 6.86. The molecular weight excluding hydrogens is 176 g/mol. The third kappa shape index (κ3) is 3.33. The Morgan fingerprint density at radius 3 is 2.71 bits per heavy atom. The van der Waals surface area contributed by atoms with E-state index in [1.54, 1.807) is 6.21 Å². The van der Waals surface area contributed by atoms with Gasteiger partial charge >= 0.3 is 0 Å².